The van der Waals surface area contributed by atoms with E-state index in [0.717, 1.165) is 37.3 Å². The molecule has 8 nitrogen and oxygen atoms in total. The molecule has 2 heterocycles. The SMILES string of the molecule is Cc1cc(-c2cnc(N)c(C(=O)Nc3ccc(C(=O)N(C)C)cc3)c2)cc(C)c1N1CCN(C)CC1. The fraction of sp³-hybridized carbons (Fsp3) is 0.321. The van der Waals surface area contributed by atoms with Crippen molar-refractivity contribution in [2.45, 2.75) is 13.8 Å². The van der Waals surface area contributed by atoms with E-state index in [9.17, 15) is 9.59 Å². The number of nitrogens with two attached hydrogens (primary N) is 1. The lowest BCUT2D eigenvalue weighted by atomic mass is 9.97. The molecule has 1 aliphatic rings. The molecule has 188 valence electrons. The number of aromatic nitrogens is 1. The Bertz CT molecular complexity index is 1250. The largest absolute Gasteiger partial charge is 0.383 e. The Morgan fingerprint density at radius 3 is 2.14 bits per heavy atom. The molecule has 4 rings (SSSR count). The molecule has 0 aliphatic carbocycles. The number of carbonyl (C=O) groups excluding carboxylic acids is 2. The van der Waals surface area contributed by atoms with E-state index in [1.807, 2.05) is 0 Å². The number of anilines is 3. The van der Waals surface area contributed by atoms with Crippen LogP contribution in [0.25, 0.3) is 11.1 Å². The van der Waals surface area contributed by atoms with Crippen LogP contribution >= 0.6 is 0 Å². The Hall–Kier alpha value is -3.91. The van der Waals surface area contributed by atoms with E-state index < -0.39 is 0 Å². The molecular weight excluding hydrogens is 452 g/mol. The van der Waals surface area contributed by atoms with Crippen LogP contribution in [0, 0.1) is 13.8 Å². The van der Waals surface area contributed by atoms with Gasteiger partial charge in [-0.1, -0.05) is 0 Å². The molecule has 0 bridgehead atoms. The van der Waals surface area contributed by atoms with Crippen molar-refractivity contribution in [1.82, 2.24) is 14.8 Å². The summed E-state index contributed by atoms with van der Waals surface area (Å²) in [7, 11) is 5.55. The summed E-state index contributed by atoms with van der Waals surface area (Å²) in [6, 6.07) is 12.8. The van der Waals surface area contributed by atoms with Gasteiger partial charge in [0.25, 0.3) is 11.8 Å². The van der Waals surface area contributed by atoms with Crippen molar-refractivity contribution in [3.63, 3.8) is 0 Å². The van der Waals surface area contributed by atoms with Gasteiger partial charge in [0.2, 0.25) is 0 Å². The highest BCUT2D eigenvalue weighted by Gasteiger charge is 2.19. The number of hydrogen-bond donors (Lipinski definition) is 2. The molecule has 3 N–H and O–H groups in total. The number of pyridine rings is 1. The number of rotatable bonds is 5. The molecule has 36 heavy (non-hydrogen) atoms. The summed E-state index contributed by atoms with van der Waals surface area (Å²) in [6.45, 7) is 8.39. The molecule has 0 atom stereocenters. The standard InChI is InChI=1S/C28H34N6O2/c1-18-14-21(15-19(2)25(18)34-12-10-33(5)11-13-34)22-16-24(26(29)30-17-22)27(35)31-23-8-6-20(7-9-23)28(36)32(3)4/h6-9,14-17H,10-13H2,1-5H3,(H2,29,30)(H,31,35). The lowest BCUT2D eigenvalue weighted by molar-refractivity contribution is 0.0827. The molecule has 0 saturated carbocycles. The van der Waals surface area contributed by atoms with Crippen molar-refractivity contribution in [3.05, 3.63) is 70.9 Å². The van der Waals surface area contributed by atoms with E-state index in [-0.39, 0.29) is 17.6 Å². The number of piperazine rings is 1. The molecule has 0 unspecified atom stereocenters. The van der Waals surface area contributed by atoms with Crippen molar-refractivity contribution in [2.75, 3.05) is 63.3 Å². The summed E-state index contributed by atoms with van der Waals surface area (Å²) in [5, 5.41) is 2.86. The second-order valence-corrected chi connectivity index (χ2v) is 9.64. The Morgan fingerprint density at radius 1 is 0.944 bits per heavy atom. The average molecular weight is 487 g/mol. The topological polar surface area (TPSA) is 94.8 Å². The Labute approximate surface area is 212 Å². The predicted molar refractivity (Wildman–Crippen MR) is 146 cm³/mol. The van der Waals surface area contributed by atoms with Crippen LogP contribution in [0.4, 0.5) is 17.2 Å². The van der Waals surface area contributed by atoms with Crippen LogP contribution in [-0.2, 0) is 0 Å². The minimum Gasteiger partial charge on any atom is -0.383 e. The van der Waals surface area contributed by atoms with E-state index in [1.165, 1.54) is 21.7 Å². The van der Waals surface area contributed by atoms with Crippen molar-refractivity contribution >= 4 is 29.0 Å². The first-order valence-corrected chi connectivity index (χ1v) is 12.1. The van der Waals surface area contributed by atoms with Crippen LogP contribution in [0.3, 0.4) is 0 Å². The van der Waals surface area contributed by atoms with Gasteiger partial charge in [-0.2, -0.15) is 0 Å². The molecule has 0 spiro atoms. The highest BCUT2D eigenvalue weighted by atomic mass is 16.2. The number of nitrogens with zero attached hydrogens (tertiary/aromatic N) is 4. The summed E-state index contributed by atoms with van der Waals surface area (Å²) in [6.07, 6.45) is 1.71. The van der Waals surface area contributed by atoms with Gasteiger partial charge in [0, 0.05) is 69.0 Å². The number of nitrogens with one attached hydrogen (secondary N) is 1. The first-order valence-electron chi connectivity index (χ1n) is 12.1. The third kappa shape index (κ3) is 5.33. The van der Waals surface area contributed by atoms with Gasteiger partial charge in [0.1, 0.15) is 5.82 Å². The molecule has 1 aromatic heterocycles. The molecule has 1 aliphatic heterocycles. The molecule has 3 aromatic rings. The number of hydrogen-bond acceptors (Lipinski definition) is 6. The normalized spacial score (nSPS) is 14.0. The van der Waals surface area contributed by atoms with Gasteiger partial charge in [0.15, 0.2) is 0 Å². The molecule has 1 saturated heterocycles. The Morgan fingerprint density at radius 2 is 1.56 bits per heavy atom. The van der Waals surface area contributed by atoms with Crippen molar-refractivity contribution in [3.8, 4) is 11.1 Å². The lowest BCUT2D eigenvalue weighted by Gasteiger charge is -2.36. The molecular formula is C28H34N6O2. The summed E-state index contributed by atoms with van der Waals surface area (Å²) < 4.78 is 0. The van der Waals surface area contributed by atoms with Gasteiger partial charge < -0.3 is 25.8 Å². The second kappa shape index (κ2) is 10.4. The minimum atomic E-state index is -0.351. The predicted octanol–water partition coefficient (Wildman–Crippen LogP) is 3.65. The summed E-state index contributed by atoms with van der Waals surface area (Å²) in [5.74, 6) is -0.285. The number of amides is 2. The Kier molecular flexibility index (Phi) is 7.26. The molecule has 0 radical (unpaired) electrons. The van der Waals surface area contributed by atoms with Crippen LogP contribution in [0.5, 0.6) is 0 Å². The molecule has 1 fully saturated rings. The van der Waals surface area contributed by atoms with Gasteiger partial charge in [-0.3, -0.25) is 9.59 Å². The minimum absolute atomic E-state index is 0.0988. The maximum Gasteiger partial charge on any atom is 0.259 e. The molecule has 2 amide bonds. The van der Waals surface area contributed by atoms with Gasteiger partial charge in [-0.05, 0) is 80.1 Å². The highest BCUT2D eigenvalue weighted by molar-refractivity contribution is 6.08. The fourth-order valence-corrected chi connectivity index (χ4v) is 4.62. The summed E-state index contributed by atoms with van der Waals surface area (Å²) in [5.41, 5.74) is 13.0. The fourth-order valence-electron chi connectivity index (χ4n) is 4.62. The van der Waals surface area contributed by atoms with Crippen molar-refractivity contribution in [2.24, 2.45) is 0 Å². The third-order valence-electron chi connectivity index (χ3n) is 6.60. The number of aryl methyl sites for hydroxylation is 2. The number of carbonyl (C=O) groups is 2. The first kappa shape index (κ1) is 25.2. The zero-order valence-electron chi connectivity index (χ0n) is 21.6. The summed E-state index contributed by atoms with van der Waals surface area (Å²) in [4.78, 5) is 35.8. The number of nitrogen functional groups attached to an aromatic ring is 1. The van der Waals surface area contributed by atoms with E-state index in [1.54, 1.807) is 50.6 Å². The molecule has 8 heteroatoms. The van der Waals surface area contributed by atoms with Crippen LogP contribution in [0.15, 0.2) is 48.7 Å². The third-order valence-corrected chi connectivity index (χ3v) is 6.60. The van der Waals surface area contributed by atoms with Crippen molar-refractivity contribution < 1.29 is 9.59 Å². The Balaban J connectivity index is 1.56. The lowest BCUT2D eigenvalue weighted by Crippen LogP contribution is -2.45. The van der Waals surface area contributed by atoms with Gasteiger partial charge >= 0.3 is 0 Å². The smallest absolute Gasteiger partial charge is 0.259 e. The van der Waals surface area contributed by atoms with Crippen molar-refractivity contribution in [1.29, 1.82) is 0 Å². The zero-order valence-corrected chi connectivity index (χ0v) is 21.6. The van der Waals surface area contributed by atoms with Gasteiger partial charge in [-0.15, -0.1) is 0 Å². The van der Waals surface area contributed by atoms with E-state index >= 15 is 0 Å². The number of benzene rings is 2. The van der Waals surface area contributed by atoms with E-state index in [2.05, 4.69) is 53.1 Å². The van der Waals surface area contributed by atoms with Gasteiger partial charge in [-0.25, -0.2) is 4.98 Å². The van der Waals surface area contributed by atoms with Crippen LogP contribution in [0.2, 0.25) is 0 Å². The van der Waals surface area contributed by atoms with Crippen LogP contribution in [-0.4, -0.2) is 73.9 Å². The maximum atomic E-state index is 13.0. The number of likely N-dealkylation sites (N-methyl/N-ethyl adjacent to an activating group) is 1. The highest BCUT2D eigenvalue weighted by Crippen LogP contribution is 2.32. The quantitative estimate of drug-likeness (QED) is 0.572. The average Bonchev–Trinajstić information content (AvgIpc) is 2.85. The van der Waals surface area contributed by atoms with Crippen LogP contribution < -0.4 is 16.0 Å². The zero-order chi connectivity index (χ0) is 26.0. The maximum absolute atomic E-state index is 13.0. The first-order chi connectivity index (χ1) is 17.1. The van der Waals surface area contributed by atoms with Crippen LogP contribution in [0.1, 0.15) is 31.8 Å². The van der Waals surface area contributed by atoms with E-state index in [0.29, 0.717) is 16.8 Å². The second-order valence-electron chi connectivity index (χ2n) is 9.64. The van der Waals surface area contributed by atoms with E-state index in [4.69, 9.17) is 5.73 Å². The summed E-state index contributed by atoms with van der Waals surface area (Å²) >= 11 is 0. The monoisotopic (exact) mass is 486 g/mol. The molecule has 2 aromatic carbocycles. The van der Waals surface area contributed by atoms with Gasteiger partial charge in [0.05, 0.1) is 5.56 Å².